The number of hydrogen-bond donors (Lipinski definition) is 1. The summed E-state index contributed by atoms with van der Waals surface area (Å²) in [5.41, 5.74) is 7.28. The van der Waals surface area contributed by atoms with Crippen LogP contribution in [0.1, 0.15) is 18.9 Å². The summed E-state index contributed by atoms with van der Waals surface area (Å²) in [7, 11) is 0. The molecule has 1 aliphatic rings. The Bertz CT molecular complexity index is 397. The van der Waals surface area contributed by atoms with Gasteiger partial charge in [0.1, 0.15) is 0 Å². The van der Waals surface area contributed by atoms with Crippen LogP contribution in [0.15, 0.2) is 22.7 Å². The Morgan fingerprint density at radius 3 is 3.00 bits per heavy atom. The number of piperidine rings is 1. The number of likely N-dealkylation sites (tertiary alicyclic amines) is 1. The zero-order valence-corrected chi connectivity index (χ0v) is 12.3. The highest BCUT2D eigenvalue weighted by Gasteiger charge is 2.23. The van der Waals surface area contributed by atoms with Crippen LogP contribution in [-0.4, -0.2) is 24.0 Å². The van der Waals surface area contributed by atoms with Gasteiger partial charge in [0.2, 0.25) is 0 Å². The molecule has 2 nitrogen and oxygen atoms in total. The third-order valence-electron chi connectivity index (χ3n) is 3.46. The number of rotatable bonds is 2. The van der Waals surface area contributed by atoms with Crippen molar-refractivity contribution in [3.05, 3.63) is 33.3 Å². The Kier molecular flexibility index (Phi) is 4.47. The summed E-state index contributed by atoms with van der Waals surface area (Å²) < 4.78 is 1.13. The summed E-state index contributed by atoms with van der Waals surface area (Å²) in [6.07, 6.45) is 1.08. The van der Waals surface area contributed by atoms with Crippen LogP contribution in [0.4, 0.5) is 0 Å². The van der Waals surface area contributed by atoms with Gasteiger partial charge in [-0.25, -0.2) is 0 Å². The van der Waals surface area contributed by atoms with Crippen molar-refractivity contribution in [3.8, 4) is 0 Å². The molecule has 4 heteroatoms. The van der Waals surface area contributed by atoms with Gasteiger partial charge in [0, 0.05) is 28.6 Å². The SMILES string of the molecule is CC1CN(Cc2cc(Cl)ccc2Br)CCC1N. The zero-order valence-electron chi connectivity index (χ0n) is 10.00. The lowest BCUT2D eigenvalue weighted by atomic mass is 9.94. The van der Waals surface area contributed by atoms with Crippen LogP contribution in [0.25, 0.3) is 0 Å². The van der Waals surface area contributed by atoms with Crippen molar-refractivity contribution in [3.63, 3.8) is 0 Å². The maximum absolute atomic E-state index is 6.03. The second-order valence-electron chi connectivity index (χ2n) is 4.90. The highest BCUT2D eigenvalue weighted by molar-refractivity contribution is 9.10. The van der Waals surface area contributed by atoms with Gasteiger partial charge in [-0.3, -0.25) is 4.90 Å². The molecule has 0 saturated carbocycles. The molecule has 0 aliphatic carbocycles. The fourth-order valence-corrected chi connectivity index (χ4v) is 2.87. The molecule has 1 heterocycles. The van der Waals surface area contributed by atoms with E-state index in [2.05, 4.69) is 27.8 Å². The summed E-state index contributed by atoms with van der Waals surface area (Å²) in [5, 5.41) is 0.796. The van der Waals surface area contributed by atoms with E-state index in [1.54, 1.807) is 0 Å². The summed E-state index contributed by atoms with van der Waals surface area (Å²) >= 11 is 9.60. The predicted octanol–water partition coefficient (Wildman–Crippen LogP) is 3.27. The van der Waals surface area contributed by atoms with E-state index in [1.165, 1.54) is 5.56 Å². The first-order valence-corrected chi connectivity index (χ1v) is 7.15. The fraction of sp³-hybridized carbons (Fsp3) is 0.538. The number of halogens is 2. The second-order valence-corrected chi connectivity index (χ2v) is 6.19. The number of hydrogen-bond acceptors (Lipinski definition) is 2. The van der Waals surface area contributed by atoms with Crippen molar-refractivity contribution in [2.24, 2.45) is 11.7 Å². The standard InChI is InChI=1S/C13H18BrClN2/c1-9-7-17(5-4-13(9)16)8-10-6-11(15)2-3-12(10)14/h2-3,6,9,13H,4-5,7-8,16H2,1H3. The van der Waals surface area contributed by atoms with Gasteiger partial charge < -0.3 is 5.73 Å². The molecular weight excluding hydrogens is 300 g/mol. The van der Waals surface area contributed by atoms with Crippen LogP contribution in [-0.2, 0) is 6.54 Å². The Balaban J connectivity index is 2.03. The zero-order chi connectivity index (χ0) is 12.4. The van der Waals surface area contributed by atoms with Gasteiger partial charge >= 0.3 is 0 Å². The van der Waals surface area contributed by atoms with Gasteiger partial charge in [-0.2, -0.15) is 0 Å². The second kappa shape index (κ2) is 5.70. The monoisotopic (exact) mass is 316 g/mol. The van der Waals surface area contributed by atoms with E-state index in [0.29, 0.717) is 12.0 Å². The highest BCUT2D eigenvalue weighted by atomic mass is 79.9. The number of nitrogens with zero attached hydrogens (tertiary/aromatic N) is 1. The predicted molar refractivity (Wildman–Crippen MR) is 76.2 cm³/mol. The summed E-state index contributed by atoms with van der Waals surface area (Å²) in [6.45, 7) is 5.31. The largest absolute Gasteiger partial charge is 0.327 e. The van der Waals surface area contributed by atoms with Gasteiger partial charge in [-0.15, -0.1) is 0 Å². The van der Waals surface area contributed by atoms with Crippen molar-refractivity contribution in [2.45, 2.75) is 25.9 Å². The average molecular weight is 318 g/mol. The van der Waals surface area contributed by atoms with Crippen molar-refractivity contribution in [1.82, 2.24) is 4.90 Å². The van der Waals surface area contributed by atoms with Crippen LogP contribution in [0.2, 0.25) is 5.02 Å². The minimum Gasteiger partial charge on any atom is -0.327 e. The van der Waals surface area contributed by atoms with E-state index in [-0.39, 0.29) is 0 Å². The molecule has 1 saturated heterocycles. The average Bonchev–Trinajstić information content (AvgIpc) is 2.29. The maximum Gasteiger partial charge on any atom is 0.0410 e. The van der Waals surface area contributed by atoms with E-state index in [4.69, 9.17) is 17.3 Å². The first-order valence-electron chi connectivity index (χ1n) is 5.98. The Labute approximate surface area is 116 Å². The lowest BCUT2D eigenvalue weighted by molar-refractivity contribution is 0.157. The normalized spacial score (nSPS) is 26.1. The van der Waals surface area contributed by atoms with E-state index in [1.807, 2.05) is 18.2 Å². The Morgan fingerprint density at radius 2 is 2.29 bits per heavy atom. The molecule has 1 aromatic rings. The molecule has 94 valence electrons. The van der Waals surface area contributed by atoms with E-state index in [9.17, 15) is 0 Å². The third-order valence-corrected chi connectivity index (χ3v) is 4.47. The molecule has 2 unspecified atom stereocenters. The van der Waals surface area contributed by atoms with E-state index in [0.717, 1.165) is 35.6 Å². The quantitative estimate of drug-likeness (QED) is 0.907. The summed E-state index contributed by atoms with van der Waals surface area (Å²) in [6, 6.07) is 6.31. The highest BCUT2D eigenvalue weighted by Crippen LogP contribution is 2.24. The maximum atomic E-state index is 6.03. The molecule has 2 rings (SSSR count). The molecule has 0 radical (unpaired) electrons. The fourth-order valence-electron chi connectivity index (χ4n) is 2.30. The summed E-state index contributed by atoms with van der Waals surface area (Å²) in [4.78, 5) is 2.45. The number of benzene rings is 1. The van der Waals surface area contributed by atoms with Crippen LogP contribution in [0.3, 0.4) is 0 Å². The first-order chi connectivity index (χ1) is 8.06. The Hall–Kier alpha value is -0.0900. The lowest BCUT2D eigenvalue weighted by Gasteiger charge is -2.35. The van der Waals surface area contributed by atoms with Crippen LogP contribution in [0, 0.1) is 5.92 Å². The summed E-state index contributed by atoms with van der Waals surface area (Å²) in [5.74, 6) is 0.571. The molecule has 0 bridgehead atoms. The molecule has 2 atom stereocenters. The molecule has 1 fully saturated rings. The molecule has 2 N–H and O–H groups in total. The molecule has 1 aliphatic heterocycles. The minimum atomic E-state index is 0.356. The van der Waals surface area contributed by atoms with Crippen molar-refractivity contribution >= 4 is 27.5 Å². The smallest absolute Gasteiger partial charge is 0.0410 e. The molecular formula is C13H18BrClN2. The van der Waals surface area contributed by atoms with Crippen molar-refractivity contribution < 1.29 is 0 Å². The van der Waals surface area contributed by atoms with Crippen molar-refractivity contribution in [2.75, 3.05) is 13.1 Å². The lowest BCUT2D eigenvalue weighted by Crippen LogP contribution is -2.45. The van der Waals surface area contributed by atoms with Gasteiger partial charge in [0.15, 0.2) is 0 Å². The molecule has 0 amide bonds. The van der Waals surface area contributed by atoms with Gasteiger partial charge in [-0.05, 0) is 42.6 Å². The van der Waals surface area contributed by atoms with Crippen molar-refractivity contribution in [1.29, 1.82) is 0 Å². The molecule has 17 heavy (non-hydrogen) atoms. The topological polar surface area (TPSA) is 29.3 Å². The third kappa shape index (κ3) is 3.44. The van der Waals surface area contributed by atoms with Gasteiger partial charge in [0.05, 0.1) is 0 Å². The van der Waals surface area contributed by atoms with E-state index < -0.39 is 0 Å². The molecule has 0 aromatic heterocycles. The van der Waals surface area contributed by atoms with Crippen LogP contribution < -0.4 is 5.73 Å². The van der Waals surface area contributed by atoms with Crippen LogP contribution >= 0.6 is 27.5 Å². The first kappa shape index (κ1) is 13.3. The van der Waals surface area contributed by atoms with Crippen LogP contribution in [0.5, 0.6) is 0 Å². The molecule has 1 aromatic carbocycles. The Morgan fingerprint density at radius 1 is 1.53 bits per heavy atom. The molecule has 0 spiro atoms. The minimum absolute atomic E-state index is 0.356. The van der Waals surface area contributed by atoms with Gasteiger partial charge in [-0.1, -0.05) is 34.5 Å². The van der Waals surface area contributed by atoms with Gasteiger partial charge in [0.25, 0.3) is 0 Å². The number of nitrogens with two attached hydrogens (primary N) is 1. The van der Waals surface area contributed by atoms with E-state index >= 15 is 0 Å².